The number of nitro groups is 1. The molecule has 1 aromatic carbocycles. The molecule has 0 spiro atoms. The van der Waals surface area contributed by atoms with Gasteiger partial charge in [-0.15, -0.1) is 0 Å². The molecular weight excluding hydrogens is 277 g/mol. The predicted molar refractivity (Wildman–Crippen MR) is 73.2 cm³/mol. The Labute approximate surface area is 119 Å². The standard InChI is InChI=1S/C14H12FN3O3/c1-9(10-3-2-6-16-8-10)17-14(19)12-7-11(18(20)21)4-5-13(12)15/h2-9H,1H3,(H,17,19). The van der Waals surface area contributed by atoms with Gasteiger partial charge in [-0.25, -0.2) is 4.39 Å². The number of hydrogen-bond acceptors (Lipinski definition) is 4. The highest BCUT2D eigenvalue weighted by Crippen LogP contribution is 2.18. The highest BCUT2D eigenvalue weighted by atomic mass is 19.1. The first kappa shape index (κ1) is 14.6. The molecule has 1 heterocycles. The van der Waals surface area contributed by atoms with Crippen molar-refractivity contribution in [2.75, 3.05) is 0 Å². The van der Waals surface area contributed by atoms with Gasteiger partial charge in [0.05, 0.1) is 16.5 Å². The molecule has 0 aliphatic carbocycles. The summed E-state index contributed by atoms with van der Waals surface area (Å²) in [5.74, 6) is -1.52. The summed E-state index contributed by atoms with van der Waals surface area (Å²) < 4.78 is 13.6. The van der Waals surface area contributed by atoms with E-state index in [0.717, 1.165) is 23.8 Å². The molecule has 108 valence electrons. The van der Waals surface area contributed by atoms with E-state index in [9.17, 15) is 19.3 Å². The van der Waals surface area contributed by atoms with Crippen LogP contribution >= 0.6 is 0 Å². The Balaban J connectivity index is 2.21. The van der Waals surface area contributed by atoms with Gasteiger partial charge in [-0.3, -0.25) is 19.9 Å². The van der Waals surface area contributed by atoms with Crippen molar-refractivity contribution in [1.82, 2.24) is 10.3 Å². The predicted octanol–water partition coefficient (Wildman–Crippen LogP) is 2.62. The summed E-state index contributed by atoms with van der Waals surface area (Å²) in [5, 5.41) is 13.3. The number of carbonyl (C=O) groups excluding carboxylic acids is 1. The number of aromatic nitrogens is 1. The minimum Gasteiger partial charge on any atom is -0.345 e. The molecule has 2 rings (SSSR count). The van der Waals surface area contributed by atoms with Gasteiger partial charge in [0.25, 0.3) is 11.6 Å². The van der Waals surface area contributed by atoms with Crippen molar-refractivity contribution in [1.29, 1.82) is 0 Å². The number of carbonyl (C=O) groups is 1. The lowest BCUT2D eigenvalue weighted by Gasteiger charge is -2.14. The second-order valence-corrected chi connectivity index (χ2v) is 4.40. The van der Waals surface area contributed by atoms with Crippen LogP contribution in [0.2, 0.25) is 0 Å². The first-order chi connectivity index (χ1) is 9.99. The van der Waals surface area contributed by atoms with Gasteiger partial charge in [-0.2, -0.15) is 0 Å². The molecular formula is C14H12FN3O3. The molecule has 0 fully saturated rings. The molecule has 7 heteroatoms. The summed E-state index contributed by atoms with van der Waals surface area (Å²) in [4.78, 5) is 25.9. The van der Waals surface area contributed by atoms with Gasteiger partial charge in [-0.1, -0.05) is 6.07 Å². The summed E-state index contributed by atoms with van der Waals surface area (Å²) in [6.45, 7) is 1.71. The number of non-ortho nitro benzene ring substituents is 1. The quantitative estimate of drug-likeness (QED) is 0.692. The van der Waals surface area contributed by atoms with Crippen LogP contribution in [0.25, 0.3) is 0 Å². The first-order valence-electron chi connectivity index (χ1n) is 6.14. The number of benzene rings is 1. The maximum atomic E-state index is 13.6. The molecule has 1 atom stereocenters. The van der Waals surface area contributed by atoms with Crippen LogP contribution in [-0.2, 0) is 0 Å². The smallest absolute Gasteiger partial charge is 0.270 e. The monoisotopic (exact) mass is 289 g/mol. The van der Waals surface area contributed by atoms with Gasteiger partial charge in [0.1, 0.15) is 5.82 Å². The van der Waals surface area contributed by atoms with Gasteiger partial charge in [-0.05, 0) is 24.6 Å². The molecule has 1 unspecified atom stereocenters. The Bertz CT molecular complexity index is 676. The number of halogens is 1. The Morgan fingerprint density at radius 1 is 1.43 bits per heavy atom. The van der Waals surface area contributed by atoms with E-state index < -0.39 is 22.7 Å². The number of pyridine rings is 1. The van der Waals surface area contributed by atoms with Crippen molar-refractivity contribution in [2.45, 2.75) is 13.0 Å². The summed E-state index contributed by atoms with van der Waals surface area (Å²) >= 11 is 0. The molecule has 0 bridgehead atoms. The van der Waals surface area contributed by atoms with Crippen LogP contribution in [-0.4, -0.2) is 15.8 Å². The number of nitrogens with zero attached hydrogens (tertiary/aromatic N) is 2. The highest BCUT2D eigenvalue weighted by Gasteiger charge is 2.18. The van der Waals surface area contributed by atoms with Crippen molar-refractivity contribution in [2.24, 2.45) is 0 Å². The van der Waals surface area contributed by atoms with E-state index in [1.807, 2.05) is 0 Å². The minimum atomic E-state index is -0.809. The zero-order valence-corrected chi connectivity index (χ0v) is 11.1. The second-order valence-electron chi connectivity index (χ2n) is 4.40. The SMILES string of the molecule is CC(NC(=O)c1cc([N+](=O)[O-])ccc1F)c1cccnc1. The largest absolute Gasteiger partial charge is 0.345 e. The fourth-order valence-corrected chi connectivity index (χ4v) is 1.79. The Morgan fingerprint density at radius 3 is 2.81 bits per heavy atom. The van der Waals surface area contributed by atoms with Gasteiger partial charge >= 0.3 is 0 Å². The second kappa shape index (κ2) is 6.08. The maximum Gasteiger partial charge on any atom is 0.270 e. The van der Waals surface area contributed by atoms with Crippen LogP contribution < -0.4 is 5.32 Å². The molecule has 1 N–H and O–H groups in total. The van der Waals surface area contributed by atoms with Gasteiger partial charge < -0.3 is 5.32 Å². The average Bonchev–Trinajstić information content (AvgIpc) is 2.48. The fraction of sp³-hybridized carbons (Fsp3) is 0.143. The van der Waals surface area contributed by atoms with Crippen LogP contribution in [0.5, 0.6) is 0 Å². The Kier molecular flexibility index (Phi) is 4.22. The van der Waals surface area contributed by atoms with Crippen LogP contribution in [0.15, 0.2) is 42.7 Å². The van der Waals surface area contributed by atoms with Gasteiger partial charge in [0.2, 0.25) is 0 Å². The van der Waals surface area contributed by atoms with Crippen LogP contribution in [0, 0.1) is 15.9 Å². The van der Waals surface area contributed by atoms with Crippen molar-refractivity contribution in [3.63, 3.8) is 0 Å². The number of amides is 1. The molecule has 0 saturated carbocycles. The number of nitrogens with one attached hydrogen (secondary N) is 1. The third-order valence-corrected chi connectivity index (χ3v) is 2.94. The summed E-state index contributed by atoms with van der Waals surface area (Å²) in [5.41, 5.74) is 0.0483. The zero-order valence-electron chi connectivity index (χ0n) is 11.1. The number of nitro benzene ring substituents is 1. The molecule has 0 aliphatic rings. The van der Waals surface area contributed by atoms with E-state index >= 15 is 0 Å². The lowest BCUT2D eigenvalue weighted by Crippen LogP contribution is -2.27. The van der Waals surface area contributed by atoms with Crippen molar-refractivity contribution < 1.29 is 14.1 Å². The van der Waals surface area contributed by atoms with Crippen molar-refractivity contribution in [3.8, 4) is 0 Å². The third-order valence-electron chi connectivity index (χ3n) is 2.94. The summed E-state index contributed by atoms with van der Waals surface area (Å²) in [6.07, 6.45) is 3.17. The van der Waals surface area contributed by atoms with E-state index in [1.165, 1.54) is 0 Å². The van der Waals surface area contributed by atoms with E-state index in [2.05, 4.69) is 10.3 Å². The Morgan fingerprint density at radius 2 is 2.19 bits per heavy atom. The minimum absolute atomic E-state index is 0.337. The van der Waals surface area contributed by atoms with Gasteiger partial charge in [0.15, 0.2) is 0 Å². The highest BCUT2D eigenvalue weighted by molar-refractivity contribution is 5.95. The summed E-state index contributed by atoms with van der Waals surface area (Å²) in [6, 6.07) is 5.91. The maximum absolute atomic E-state index is 13.6. The fourth-order valence-electron chi connectivity index (χ4n) is 1.79. The lowest BCUT2D eigenvalue weighted by atomic mass is 10.1. The molecule has 6 nitrogen and oxygen atoms in total. The number of rotatable bonds is 4. The van der Waals surface area contributed by atoms with E-state index in [-0.39, 0.29) is 11.3 Å². The van der Waals surface area contributed by atoms with Crippen LogP contribution in [0.4, 0.5) is 10.1 Å². The molecule has 2 aromatic rings. The Hall–Kier alpha value is -2.83. The normalized spacial score (nSPS) is 11.7. The van der Waals surface area contributed by atoms with Crippen molar-refractivity contribution >= 4 is 11.6 Å². The topological polar surface area (TPSA) is 85.1 Å². The van der Waals surface area contributed by atoms with Crippen LogP contribution in [0.3, 0.4) is 0 Å². The summed E-state index contributed by atoms with van der Waals surface area (Å²) in [7, 11) is 0. The molecule has 1 amide bonds. The lowest BCUT2D eigenvalue weighted by molar-refractivity contribution is -0.384. The zero-order chi connectivity index (χ0) is 15.4. The molecule has 1 aromatic heterocycles. The average molecular weight is 289 g/mol. The van der Waals surface area contributed by atoms with E-state index in [4.69, 9.17) is 0 Å². The first-order valence-corrected chi connectivity index (χ1v) is 6.14. The van der Waals surface area contributed by atoms with Gasteiger partial charge in [0, 0.05) is 24.5 Å². The van der Waals surface area contributed by atoms with E-state index in [0.29, 0.717) is 0 Å². The van der Waals surface area contributed by atoms with E-state index in [1.54, 1.807) is 31.5 Å². The molecule has 21 heavy (non-hydrogen) atoms. The molecule has 0 radical (unpaired) electrons. The number of hydrogen-bond donors (Lipinski definition) is 1. The van der Waals surface area contributed by atoms with Crippen LogP contribution in [0.1, 0.15) is 28.9 Å². The van der Waals surface area contributed by atoms with Crippen molar-refractivity contribution in [3.05, 3.63) is 69.8 Å². The molecule has 0 saturated heterocycles. The third kappa shape index (κ3) is 3.38. The molecule has 0 aliphatic heterocycles.